The van der Waals surface area contributed by atoms with Crippen LogP contribution in [0.15, 0.2) is 78.9 Å². The summed E-state index contributed by atoms with van der Waals surface area (Å²) in [6.07, 6.45) is 0.952. The van der Waals surface area contributed by atoms with E-state index < -0.39 is 0 Å². The predicted octanol–water partition coefficient (Wildman–Crippen LogP) is 4.33. The van der Waals surface area contributed by atoms with Crippen molar-refractivity contribution in [2.24, 2.45) is 11.8 Å². The van der Waals surface area contributed by atoms with Crippen LogP contribution in [-0.4, -0.2) is 69.4 Å². The van der Waals surface area contributed by atoms with Crippen LogP contribution in [0.2, 0.25) is 0 Å². The molecule has 3 aliphatic rings. The molecular formula is C32H39N3O4. The maximum atomic E-state index is 13.4. The van der Waals surface area contributed by atoms with E-state index in [0.29, 0.717) is 6.54 Å². The summed E-state index contributed by atoms with van der Waals surface area (Å²) in [4.78, 5) is 21.3. The lowest BCUT2D eigenvalue weighted by Crippen LogP contribution is -2.69. The molecule has 3 aromatic carbocycles. The van der Waals surface area contributed by atoms with E-state index in [0.717, 1.165) is 36.6 Å². The summed E-state index contributed by atoms with van der Waals surface area (Å²) in [5.74, 6) is 1.81. The van der Waals surface area contributed by atoms with Crippen LogP contribution in [0.25, 0.3) is 0 Å². The van der Waals surface area contributed by atoms with Gasteiger partial charge in [-0.15, -0.1) is 0 Å². The number of fused-ring (bicyclic) bond motifs is 3. The molecule has 7 heteroatoms. The van der Waals surface area contributed by atoms with Gasteiger partial charge in [0.05, 0.1) is 27.2 Å². The van der Waals surface area contributed by atoms with Crippen molar-refractivity contribution in [3.8, 4) is 11.5 Å². The molecule has 2 bridgehead atoms. The minimum Gasteiger partial charge on any atom is -0.497 e. The Balaban J connectivity index is 1.55. The molecule has 0 saturated carbocycles. The van der Waals surface area contributed by atoms with Crippen LogP contribution in [0.4, 0.5) is 0 Å². The number of nitrogens with one attached hydrogen (secondary N) is 1. The molecule has 6 rings (SSSR count). The van der Waals surface area contributed by atoms with E-state index in [1.807, 2.05) is 18.2 Å². The van der Waals surface area contributed by atoms with Crippen molar-refractivity contribution < 1.29 is 19.1 Å². The lowest BCUT2D eigenvalue weighted by Gasteiger charge is -2.57. The number of carbonyl (C=O) groups is 1. The summed E-state index contributed by atoms with van der Waals surface area (Å²) >= 11 is 0. The van der Waals surface area contributed by atoms with Gasteiger partial charge in [-0.25, -0.2) is 5.06 Å². The third-order valence-corrected chi connectivity index (χ3v) is 8.52. The first-order valence-electron chi connectivity index (χ1n) is 13.7. The van der Waals surface area contributed by atoms with Crippen molar-refractivity contribution in [3.63, 3.8) is 0 Å². The van der Waals surface area contributed by atoms with Crippen molar-refractivity contribution in [1.29, 1.82) is 0 Å². The van der Waals surface area contributed by atoms with E-state index in [1.54, 1.807) is 28.4 Å². The maximum Gasteiger partial charge on any atom is 0.250 e. The van der Waals surface area contributed by atoms with Gasteiger partial charge in [0.1, 0.15) is 11.5 Å². The van der Waals surface area contributed by atoms with Crippen molar-refractivity contribution in [1.82, 2.24) is 15.3 Å². The quantitative estimate of drug-likeness (QED) is 0.395. The zero-order valence-corrected chi connectivity index (χ0v) is 23.2. The van der Waals surface area contributed by atoms with Gasteiger partial charge in [-0.05, 0) is 48.2 Å². The van der Waals surface area contributed by atoms with Crippen LogP contribution in [0.1, 0.15) is 29.0 Å². The van der Waals surface area contributed by atoms with Gasteiger partial charge in [0.15, 0.2) is 0 Å². The first kappa shape index (κ1) is 27.2. The van der Waals surface area contributed by atoms with E-state index >= 15 is 0 Å². The summed E-state index contributed by atoms with van der Waals surface area (Å²) in [6.45, 7) is 2.29. The Morgan fingerprint density at radius 2 is 1.64 bits per heavy atom. The molecule has 3 saturated heterocycles. The zero-order valence-electron chi connectivity index (χ0n) is 23.2. The molecule has 7 nitrogen and oxygen atoms in total. The smallest absolute Gasteiger partial charge is 0.250 e. The summed E-state index contributed by atoms with van der Waals surface area (Å²) in [5.41, 5.74) is 3.59. The van der Waals surface area contributed by atoms with Crippen LogP contribution in [0, 0.1) is 11.8 Å². The first-order chi connectivity index (χ1) is 19.0. The number of rotatable bonds is 10. The van der Waals surface area contributed by atoms with Gasteiger partial charge < -0.3 is 14.8 Å². The Hall–Kier alpha value is -3.39. The number of hydroxylamine groups is 2. The summed E-state index contributed by atoms with van der Waals surface area (Å²) in [7, 11) is 6.62. The second-order valence-electron chi connectivity index (χ2n) is 10.4. The molecule has 0 radical (unpaired) electrons. The zero-order chi connectivity index (χ0) is 27.4. The fraction of sp³-hybridized carbons (Fsp3) is 0.406. The Labute approximate surface area is 231 Å². The highest BCUT2D eigenvalue weighted by Gasteiger charge is 2.52. The SMILES string of the molecule is COc1ccc(OC)c(CN[C@H]2[C@H]3CCN(C[C@@H]3C(=O)N(C)OC)[C@@H]2C(c2ccccc2)c2ccccc2)c1. The standard InChI is InChI=1S/C32H39N3O4/c1-34(39-4)32(36)27-21-35-18-17-26(27)30(33-20-24-19-25(37-2)15-16-28(24)38-3)31(35)29(22-11-7-5-8-12-22)23-13-9-6-10-14-23/h5-16,19,26-27,29-31,33H,17-18,20-21H2,1-4H3/t26-,27-,30-,31+/m0/s1. The van der Waals surface area contributed by atoms with Crippen LogP contribution in [0.5, 0.6) is 11.5 Å². The van der Waals surface area contributed by atoms with Gasteiger partial charge in [-0.3, -0.25) is 14.5 Å². The predicted molar refractivity (Wildman–Crippen MR) is 152 cm³/mol. The topological polar surface area (TPSA) is 63.3 Å². The van der Waals surface area contributed by atoms with Gasteiger partial charge in [0.25, 0.3) is 5.91 Å². The monoisotopic (exact) mass is 529 g/mol. The Morgan fingerprint density at radius 1 is 0.974 bits per heavy atom. The third-order valence-electron chi connectivity index (χ3n) is 8.52. The van der Waals surface area contributed by atoms with E-state index in [9.17, 15) is 4.79 Å². The van der Waals surface area contributed by atoms with E-state index in [2.05, 4.69) is 70.9 Å². The van der Waals surface area contributed by atoms with Crippen LogP contribution >= 0.6 is 0 Å². The molecule has 3 aliphatic heterocycles. The molecular weight excluding hydrogens is 490 g/mol. The molecule has 5 atom stereocenters. The van der Waals surface area contributed by atoms with E-state index in [-0.39, 0.29) is 35.7 Å². The van der Waals surface area contributed by atoms with Crippen molar-refractivity contribution in [2.75, 3.05) is 41.5 Å². The Morgan fingerprint density at radius 3 is 2.23 bits per heavy atom. The molecule has 0 aliphatic carbocycles. The second kappa shape index (κ2) is 12.2. The van der Waals surface area contributed by atoms with Gasteiger partial charge in [-0.2, -0.15) is 0 Å². The molecule has 39 heavy (non-hydrogen) atoms. The van der Waals surface area contributed by atoms with Gasteiger partial charge >= 0.3 is 0 Å². The number of ether oxygens (including phenoxy) is 2. The van der Waals surface area contributed by atoms with Gasteiger partial charge in [0, 0.05) is 43.7 Å². The molecule has 206 valence electrons. The normalized spacial score (nSPS) is 24.0. The van der Waals surface area contributed by atoms with E-state index in [1.165, 1.54) is 16.2 Å². The molecule has 1 unspecified atom stereocenters. The lowest BCUT2D eigenvalue weighted by atomic mass is 9.66. The average molecular weight is 530 g/mol. The third kappa shape index (κ3) is 5.53. The number of carbonyl (C=O) groups excluding carboxylic acids is 1. The van der Waals surface area contributed by atoms with Crippen LogP contribution < -0.4 is 14.8 Å². The number of amides is 1. The van der Waals surface area contributed by atoms with Crippen LogP contribution in [0.3, 0.4) is 0 Å². The molecule has 3 heterocycles. The molecule has 1 N–H and O–H groups in total. The number of nitrogens with zero attached hydrogens (tertiary/aromatic N) is 2. The Kier molecular flexibility index (Phi) is 8.50. The average Bonchev–Trinajstić information content (AvgIpc) is 3.00. The first-order valence-corrected chi connectivity index (χ1v) is 13.7. The van der Waals surface area contributed by atoms with Crippen LogP contribution in [-0.2, 0) is 16.2 Å². The highest BCUT2D eigenvalue weighted by atomic mass is 16.7. The summed E-state index contributed by atoms with van der Waals surface area (Å²) in [5, 5.41) is 5.30. The highest BCUT2D eigenvalue weighted by molar-refractivity contribution is 5.78. The van der Waals surface area contributed by atoms with E-state index in [4.69, 9.17) is 14.3 Å². The fourth-order valence-electron chi connectivity index (χ4n) is 6.61. The molecule has 0 aromatic heterocycles. The van der Waals surface area contributed by atoms with Gasteiger partial charge in [-0.1, -0.05) is 60.7 Å². The summed E-state index contributed by atoms with van der Waals surface area (Å²) in [6, 6.07) is 27.6. The van der Waals surface area contributed by atoms with Gasteiger partial charge in [0.2, 0.25) is 0 Å². The Bertz CT molecular complexity index is 1200. The number of hydrogen-bond donors (Lipinski definition) is 1. The molecule has 3 aromatic rings. The lowest BCUT2D eigenvalue weighted by molar-refractivity contribution is -0.182. The minimum absolute atomic E-state index is 0.0346. The number of benzene rings is 3. The maximum absolute atomic E-state index is 13.4. The molecule has 3 fully saturated rings. The second-order valence-corrected chi connectivity index (χ2v) is 10.4. The van der Waals surface area contributed by atoms with Crippen molar-refractivity contribution in [2.45, 2.75) is 31.0 Å². The largest absolute Gasteiger partial charge is 0.497 e. The molecule has 1 amide bonds. The molecule has 0 spiro atoms. The highest BCUT2D eigenvalue weighted by Crippen LogP contribution is 2.45. The fourth-order valence-corrected chi connectivity index (χ4v) is 6.61. The number of piperidine rings is 3. The minimum atomic E-state index is -0.142. The van der Waals surface area contributed by atoms with Crippen molar-refractivity contribution >= 4 is 5.91 Å². The number of hydrogen-bond acceptors (Lipinski definition) is 6. The van der Waals surface area contributed by atoms with Crippen molar-refractivity contribution in [3.05, 3.63) is 95.6 Å². The number of methoxy groups -OCH3 is 2. The summed E-state index contributed by atoms with van der Waals surface area (Å²) < 4.78 is 11.2.